The molecule has 0 saturated carbocycles. The van der Waals surface area contributed by atoms with Crippen LogP contribution < -0.4 is 5.32 Å². The zero-order valence-corrected chi connectivity index (χ0v) is 9.16. The molecule has 0 saturated heterocycles. The minimum Gasteiger partial charge on any atom is -0.350 e. The molecule has 0 radical (unpaired) electrons. The van der Waals surface area contributed by atoms with Gasteiger partial charge in [-0.3, -0.25) is 8.98 Å². The van der Waals surface area contributed by atoms with Crippen molar-refractivity contribution in [2.45, 2.75) is 18.4 Å². The van der Waals surface area contributed by atoms with E-state index in [0.29, 0.717) is 0 Å². The number of hydrogen-bond acceptors (Lipinski definition) is 4. The Hall–Kier alpha value is -0.970. The smallest absolute Gasteiger partial charge is 0.350 e. The average molecular weight is 285 g/mol. The van der Waals surface area contributed by atoms with Gasteiger partial charge < -0.3 is 5.32 Å². The van der Waals surface area contributed by atoms with Gasteiger partial charge in [0.15, 0.2) is 6.61 Å². The van der Waals surface area contributed by atoms with E-state index in [2.05, 4.69) is 4.18 Å². The van der Waals surface area contributed by atoms with E-state index in [4.69, 9.17) is 0 Å². The van der Waals surface area contributed by atoms with Gasteiger partial charge in [0, 0.05) is 6.54 Å². The summed E-state index contributed by atoms with van der Waals surface area (Å²) in [6.07, 6.45) is -5.11. The summed E-state index contributed by atoms with van der Waals surface area (Å²) in [5, 5.41) is -3.62. The second-order valence-corrected chi connectivity index (χ2v) is 4.36. The monoisotopic (exact) mass is 285 g/mol. The van der Waals surface area contributed by atoms with Gasteiger partial charge in [-0.05, 0) is 6.92 Å². The normalized spacial score (nSPS) is 13.5. The predicted octanol–water partition coefficient (Wildman–Crippen LogP) is 0.624. The molecule has 0 aliphatic rings. The van der Waals surface area contributed by atoms with E-state index >= 15 is 0 Å². The maximum absolute atomic E-state index is 12.9. The van der Waals surface area contributed by atoms with Crippen molar-refractivity contribution in [3.63, 3.8) is 0 Å². The van der Waals surface area contributed by atoms with Crippen LogP contribution in [0.4, 0.5) is 22.0 Å². The average Bonchev–Trinajstić information content (AvgIpc) is 2.14. The highest BCUT2D eigenvalue weighted by Gasteiger charge is 2.54. The molecule has 0 rings (SSSR count). The van der Waals surface area contributed by atoms with Crippen LogP contribution in [0.15, 0.2) is 0 Å². The molecule has 0 aromatic rings. The fourth-order valence-electron chi connectivity index (χ4n) is 0.595. The summed E-state index contributed by atoms with van der Waals surface area (Å²) in [5.74, 6) is -2.25. The van der Waals surface area contributed by atoms with Crippen molar-refractivity contribution in [1.29, 1.82) is 0 Å². The lowest BCUT2D eigenvalue weighted by Gasteiger charge is -2.16. The summed E-state index contributed by atoms with van der Waals surface area (Å²) in [5.41, 5.74) is 0. The molecule has 11 heteroatoms. The van der Waals surface area contributed by atoms with Crippen LogP contribution in [0.5, 0.6) is 0 Å². The van der Waals surface area contributed by atoms with Gasteiger partial charge in [0.2, 0.25) is 0 Å². The molecule has 1 N–H and O–H groups in total. The third-order valence-corrected chi connectivity index (χ3v) is 2.53. The second-order valence-electron chi connectivity index (χ2n) is 2.71. The van der Waals surface area contributed by atoms with Gasteiger partial charge in [-0.1, -0.05) is 0 Å². The number of carbonyl (C=O) groups excluding carboxylic acids is 1. The van der Waals surface area contributed by atoms with E-state index in [-0.39, 0.29) is 6.54 Å². The third-order valence-electron chi connectivity index (χ3n) is 1.29. The first-order chi connectivity index (χ1) is 7.44. The Labute approximate surface area is 93.1 Å². The Morgan fingerprint density at radius 2 is 1.71 bits per heavy atom. The molecule has 0 aromatic carbocycles. The zero-order chi connectivity index (χ0) is 13.9. The molecule has 1 amide bonds. The molecule has 0 bridgehead atoms. The third kappa shape index (κ3) is 4.42. The van der Waals surface area contributed by atoms with Gasteiger partial charge in [0.1, 0.15) is 0 Å². The van der Waals surface area contributed by atoms with E-state index in [1.165, 1.54) is 12.2 Å². The first-order valence-electron chi connectivity index (χ1n) is 4.06. The van der Waals surface area contributed by atoms with Crippen LogP contribution in [0.25, 0.3) is 0 Å². The van der Waals surface area contributed by atoms with Crippen molar-refractivity contribution in [1.82, 2.24) is 5.32 Å². The van der Waals surface area contributed by atoms with Gasteiger partial charge in [0.25, 0.3) is 0 Å². The number of carbonyl (C=O) groups is 1. The minimum absolute atomic E-state index is 0.316. The zero-order valence-electron chi connectivity index (χ0n) is 8.35. The molecule has 5 nitrogen and oxygen atoms in total. The number of halogens is 5. The Kier molecular flexibility index (Phi) is 4.83. The lowest BCUT2D eigenvalue weighted by molar-refractivity contribution is -0.155. The highest BCUT2D eigenvalue weighted by molar-refractivity contribution is 7.88. The summed E-state index contributed by atoms with van der Waals surface area (Å²) < 4.78 is 84.9. The number of alkyl halides is 5. The van der Waals surface area contributed by atoms with Crippen molar-refractivity contribution >= 4 is 16.0 Å². The Morgan fingerprint density at radius 1 is 1.24 bits per heavy atom. The Bertz CT molecular complexity index is 376. The number of nitrogens with one attached hydrogen (secondary N) is 1. The van der Waals surface area contributed by atoms with Gasteiger partial charge in [-0.15, -0.1) is 0 Å². The molecule has 17 heavy (non-hydrogen) atoms. The van der Waals surface area contributed by atoms with Crippen LogP contribution >= 0.6 is 0 Å². The van der Waals surface area contributed by atoms with Crippen molar-refractivity contribution in [2.75, 3.05) is 13.2 Å². The quantitative estimate of drug-likeness (QED) is 0.594. The fourth-order valence-corrected chi connectivity index (χ4v) is 1.33. The van der Waals surface area contributed by atoms with Crippen LogP contribution in [0.2, 0.25) is 0 Å². The summed E-state index contributed by atoms with van der Waals surface area (Å²) in [4.78, 5) is 10.6. The highest BCUT2D eigenvalue weighted by atomic mass is 32.2. The van der Waals surface area contributed by atoms with E-state index in [1.807, 2.05) is 0 Å². The standard InChI is InChI=1S/C6H8F5NO4S/c1-2-12-4(13)6(10,11)17(14,15)16-3-5(7,8)9/h2-3H2,1H3,(H,12,13). The Morgan fingerprint density at radius 3 is 2.06 bits per heavy atom. The van der Waals surface area contributed by atoms with Crippen LogP contribution in [-0.4, -0.2) is 38.9 Å². The fraction of sp³-hybridized carbons (Fsp3) is 0.833. The lowest BCUT2D eigenvalue weighted by atomic mass is 10.6. The largest absolute Gasteiger partial charge is 0.446 e. The first kappa shape index (κ1) is 16.0. The van der Waals surface area contributed by atoms with Crippen LogP contribution in [0, 0.1) is 0 Å². The molecule has 102 valence electrons. The maximum Gasteiger partial charge on any atom is 0.446 e. The van der Waals surface area contributed by atoms with Crippen LogP contribution in [0.1, 0.15) is 6.92 Å². The number of rotatable bonds is 5. The predicted molar refractivity (Wildman–Crippen MR) is 44.6 cm³/mol. The van der Waals surface area contributed by atoms with Gasteiger partial charge in [0.05, 0.1) is 0 Å². The second kappa shape index (κ2) is 5.12. The Balaban J connectivity index is 4.86. The van der Waals surface area contributed by atoms with E-state index in [1.54, 1.807) is 0 Å². The maximum atomic E-state index is 12.9. The topological polar surface area (TPSA) is 72.5 Å². The van der Waals surface area contributed by atoms with Gasteiger partial charge in [-0.2, -0.15) is 30.4 Å². The van der Waals surface area contributed by atoms with Crippen LogP contribution in [-0.2, 0) is 19.1 Å². The molecular formula is C6H8F5NO4S. The van der Waals surface area contributed by atoms with Crippen molar-refractivity contribution < 1.29 is 39.3 Å². The summed E-state index contributed by atoms with van der Waals surface area (Å²) in [6.45, 7) is -1.52. The molecule has 0 aliphatic heterocycles. The summed E-state index contributed by atoms with van der Waals surface area (Å²) in [6, 6.07) is 0. The van der Waals surface area contributed by atoms with E-state index in [0.717, 1.165) is 0 Å². The lowest BCUT2D eigenvalue weighted by Crippen LogP contribution is -2.47. The van der Waals surface area contributed by atoms with Crippen molar-refractivity contribution in [2.24, 2.45) is 0 Å². The molecular weight excluding hydrogens is 277 g/mol. The van der Waals surface area contributed by atoms with Crippen molar-refractivity contribution in [3.8, 4) is 0 Å². The number of amides is 1. The molecule has 0 atom stereocenters. The van der Waals surface area contributed by atoms with Crippen LogP contribution in [0.3, 0.4) is 0 Å². The summed E-state index contributed by atoms with van der Waals surface area (Å²) in [7, 11) is -5.98. The SMILES string of the molecule is CCNC(=O)C(F)(F)S(=O)(=O)OCC(F)(F)F. The first-order valence-corrected chi connectivity index (χ1v) is 5.46. The molecule has 0 heterocycles. The molecule has 0 unspecified atom stereocenters. The highest BCUT2D eigenvalue weighted by Crippen LogP contribution is 2.26. The van der Waals surface area contributed by atoms with Gasteiger partial charge >= 0.3 is 27.5 Å². The molecule has 0 aromatic heterocycles. The van der Waals surface area contributed by atoms with Gasteiger partial charge in [-0.25, -0.2) is 0 Å². The minimum atomic E-state index is -5.98. The molecule has 0 aliphatic carbocycles. The van der Waals surface area contributed by atoms with E-state index in [9.17, 15) is 35.2 Å². The van der Waals surface area contributed by atoms with E-state index < -0.39 is 34.1 Å². The molecule has 0 spiro atoms. The molecule has 0 fully saturated rings. The number of hydrogen-bond donors (Lipinski definition) is 1. The summed E-state index contributed by atoms with van der Waals surface area (Å²) >= 11 is 0. The van der Waals surface area contributed by atoms with Crippen molar-refractivity contribution in [3.05, 3.63) is 0 Å².